The van der Waals surface area contributed by atoms with E-state index >= 15 is 0 Å². The molecule has 0 saturated heterocycles. The number of carbonyl (C=O) groups is 2. The Morgan fingerprint density at radius 3 is 2.46 bits per heavy atom. The Hall–Kier alpha value is -3.56. The largest absolute Gasteiger partial charge is 0.497 e. The quantitative estimate of drug-likeness (QED) is 0.289. The molecule has 39 heavy (non-hydrogen) atoms. The van der Waals surface area contributed by atoms with Crippen LogP contribution >= 0.6 is 23.1 Å². The van der Waals surface area contributed by atoms with Gasteiger partial charge in [0.2, 0.25) is 11.8 Å². The lowest BCUT2D eigenvalue weighted by molar-refractivity contribution is -0.123. The number of anilines is 1. The summed E-state index contributed by atoms with van der Waals surface area (Å²) < 4.78 is 7.18. The third kappa shape index (κ3) is 5.60. The minimum Gasteiger partial charge on any atom is -0.497 e. The van der Waals surface area contributed by atoms with E-state index in [4.69, 9.17) is 9.84 Å². The number of thioether (sulfide) groups is 1. The molecule has 0 aliphatic carbocycles. The molecular formula is C30H32N4O3S2. The van der Waals surface area contributed by atoms with E-state index in [1.54, 1.807) is 39.8 Å². The molecule has 5 rings (SSSR count). The predicted molar refractivity (Wildman–Crippen MR) is 159 cm³/mol. The second-order valence-electron chi connectivity index (χ2n) is 9.85. The van der Waals surface area contributed by atoms with Crippen molar-refractivity contribution in [2.45, 2.75) is 32.1 Å². The van der Waals surface area contributed by atoms with E-state index in [9.17, 15) is 9.59 Å². The van der Waals surface area contributed by atoms with Crippen LogP contribution in [-0.4, -0.2) is 47.0 Å². The molecule has 2 aromatic carbocycles. The molecule has 0 fully saturated rings. The van der Waals surface area contributed by atoms with Crippen molar-refractivity contribution in [2.75, 3.05) is 24.3 Å². The second-order valence-corrected chi connectivity index (χ2v) is 11.9. The molecule has 4 aromatic rings. The van der Waals surface area contributed by atoms with Gasteiger partial charge in [0.05, 0.1) is 29.5 Å². The van der Waals surface area contributed by atoms with Gasteiger partial charge < -0.3 is 10.1 Å². The maximum Gasteiger partial charge on any atom is 0.240 e. The third-order valence-electron chi connectivity index (χ3n) is 6.95. The smallest absolute Gasteiger partial charge is 0.240 e. The van der Waals surface area contributed by atoms with Crippen molar-refractivity contribution < 1.29 is 14.3 Å². The topological polar surface area (TPSA) is 76.5 Å². The number of amides is 2. The Bertz CT molecular complexity index is 1430. The maximum absolute atomic E-state index is 13.7. The van der Waals surface area contributed by atoms with E-state index in [0.29, 0.717) is 5.82 Å². The number of ether oxygens (including phenoxy) is 1. The number of hydrogen-bond acceptors (Lipinski definition) is 6. The van der Waals surface area contributed by atoms with E-state index in [1.807, 2.05) is 67.6 Å². The first-order chi connectivity index (χ1) is 18.9. The number of thiophene rings is 1. The molecule has 0 bridgehead atoms. The lowest BCUT2D eigenvalue weighted by Gasteiger charge is -2.25. The van der Waals surface area contributed by atoms with Crippen molar-refractivity contribution in [3.8, 4) is 22.7 Å². The first kappa shape index (κ1) is 27.0. The fourth-order valence-electron chi connectivity index (χ4n) is 4.51. The Morgan fingerprint density at radius 1 is 1.08 bits per heavy atom. The molecule has 1 aliphatic rings. The van der Waals surface area contributed by atoms with Crippen LogP contribution in [0.4, 0.5) is 5.82 Å². The number of rotatable bonds is 8. The summed E-state index contributed by atoms with van der Waals surface area (Å²) in [6.45, 7) is 6.02. The molecule has 1 aliphatic heterocycles. The van der Waals surface area contributed by atoms with Gasteiger partial charge in [0.15, 0.2) is 0 Å². The normalized spacial score (nSPS) is 16.1. The van der Waals surface area contributed by atoms with Crippen molar-refractivity contribution in [3.05, 3.63) is 82.6 Å². The summed E-state index contributed by atoms with van der Waals surface area (Å²) in [6.07, 6.45) is 0. The minimum atomic E-state index is -0.196. The summed E-state index contributed by atoms with van der Waals surface area (Å²) in [5.41, 5.74) is 3.46. The maximum atomic E-state index is 13.7. The van der Waals surface area contributed by atoms with E-state index < -0.39 is 0 Å². The van der Waals surface area contributed by atoms with Crippen LogP contribution in [0.2, 0.25) is 0 Å². The van der Waals surface area contributed by atoms with Crippen LogP contribution in [0.5, 0.6) is 5.75 Å². The van der Waals surface area contributed by atoms with E-state index in [1.165, 1.54) is 0 Å². The van der Waals surface area contributed by atoms with Gasteiger partial charge in [-0.3, -0.25) is 14.5 Å². The third-order valence-corrected chi connectivity index (χ3v) is 9.27. The van der Waals surface area contributed by atoms with Crippen molar-refractivity contribution in [1.82, 2.24) is 15.1 Å². The molecule has 7 nitrogen and oxygen atoms in total. The molecule has 202 valence electrons. The molecule has 0 spiro atoms. The van der Waals surface area contributed by atoms with Crippen LogP contribution in [0.15, 0.2) is 72.1 Å². The number of nitrogens with zero attached hydrogens (tertiary/aromatic N) is 3. The van der Waals surface area contributed by atoms with Crippen LogP contribution in [-0.2, 0) is 9.59 Å². The average Bonchev–Trinajstić information content (AvgIpc) is 3.59. The first-order valence-corrected chi connectivity index (χ1v) is 14.9. The molecule has 9 heteroatoms. The summed E-state index contributed by atoms with van der Waals surface area (Å²) in [4.78, 5) is 29.8. The molecule has 0 saturated carbocycles. The highest BCUT2D eigenvalue weighted by Gasteiger charge is 2.38. The Labute approximate surface area is 237 Å². The highest BCUT2D eigenvalue weighted by molar-refractivity contribution is 8.00. The zero-order valence-corrected chi connectivity index (χ0v) is 24.1. The Kier molecular flexibility index (Phi) is 8.09. The summed E-state index contributed by atoms with van der Waals surface area (Å²) >= 11 is 3.24. The van der Waals surface area contributed by atoms with Crippen molar-refractivity contribution in [3.63, 3.8) is 0 Å². The van der Waals surface area contributed by atoms with Crippen molar-refractivity contribution >= 4 is 40.7 Å². The van der Waals surface area contributed by atoms with Gasteiger partial charge in [-0.05, 0) is 48.6 Å². The number of hydrogen-bond donors (Lipinski definition) is 1. The van der Waals surface area contributed by atoms with E-state index in [0.717, 1.165) is 33.1 Å². The zero-order valence-electron chi connectivity index (χ0n) is 22.5. The monoisotopic (exact) mass is 560 g/mol. The van der Waals surface area contributed by atoms with Gasteiger partial charge in [-0.1, -0.05) is 50.2 Å². The molecule has 2 aromatic heterocycles. The van der Waals surface area contributed by atoms with Crippen LogP contribution in [0.25, 0.3) is 16.9 Å². The molecule has 1 N–H and O–H groups in total. The van der Waals surface area contributed by atoms with Gasteiger partial charge >= 0.3 is 0 Å². The van der Waals surface area contributed by atoms with Crippen LogP contribution in [0.1, 0.15) is 36.5 Å². The highest BCUT2D eigenvalue weighted by atomic mass is 32.2. The number of nitrogens with one attached hydrogen (secondary N) is 1. The fraction of sp³-hybridized carbons (Fsp3) is 0.300. The molecule has 2 atom stereocenters. The van der Waals surface area contributed by atoms with Crippen LogP contribution < -0.4 is 15.0 Å². The molecule has 3 heterocycles. The van der Waals surface area contributed by atoms with Crippen LogP contribution in [0.3, 0.4) is 0 Å². The van der Waals surface area contributed by atoms with Gasteiger partial charge in [-0.2, -0.15) is 5.10 Å². The minimum absolute atomic E-state index is 0.0151. The first-order valence-electron chi connectivity index (χ1n) is 12.9. The van der Waals surface area contributed by atoms with E-state index in [-0.39, 0.29) is 41.3 Å². The van der Waals surface area contributed by atoms with Gasteiger partial charge in [0.1, 0.15) is 18.1 Å². The Balaban J connectivity index is 1.73. The predicted octanol–water partition coefficient (Wildman–Crippen LogP) is 5.94. The lowest BCUT2D eigenvalue weighted by Crippen LogP contribution is -2.46. The summed E-state index contributed by atoms with van der Waals surface area (Å²) in [6, 6.07) is 21.7. The highest BCUT2D eigenvalue weighted by Crippen LogP contribution is 2.49. The van der Waals surface area contributed by atoms with Crippen molar-refractivity contribution in [2.24, 2.45) is 5.92 Å². The van der Waals surface area contributed by atoms with Crippen molar-refractivity contribution in [1.29, 1.82) is 0 Å². The number of benzene rings is 2. The van der Waals surface area contributed by atoms with E-state index in [2.05, 4.69) is 30.6 Å². The molecule has 2 amide bonds. The number of carbonyl (C=O) groups excluding carboxylic acids is 2. The van der Waals surface area contributed by atoms with Crippen LogP contribution in [0, 0.1) is 5.92 Å². The SMILES string of the molecule is COc1ccc(-n2nc(-c3ccccc3)c3c2N(CC(=O)NC(C)C(C)C)C(=O)CSC3c2cccs2)cc1. The summed E-state index contributed by atoms with van der Waals surface area (Å²) in [7, 11) is 1.63. The summed E-state index contributed by atoms with van der Waals surface area (Å²) in [5, 5.41) is 10.1. The second kappa shape index (κ2) is 11.7. The number of methoxy groups -OCH3 is 1. The fourth-order valence-corrected chi connectivity index (χ4v) is 6.68. The standard InChI is InChI=1S/C30H32N4O3S2/c1-19(2)20(3)31-25(35)17-33-26(36)18-39-29(24-11-8-16-38-24)27-28(21-9-6-5-7-10-21)32-34(30(27)33)22-12-14-23(37-4)15-13-22/h5-16,19-20,29H,17-18H2,1-4H3,(H,31,35). The lowest BCUT2D eigenvalue weighted by atomic mass is 10.0. The Morgan fingerprint density at radius 2 is 1.82 bits per heavy atom. The number of fused-ring (bicyclic) bond motifs is 1. The zero-order chi connectivity index (χ0) is 27.5. The number of aromatic nitrogens is 2. The van der Waals surface area contributed by atoms with Gasteiger partial charge in [0, 0.05) is 22.0 Å². The van der Waals surface area contributed by atoms with Gasteiger partial charge in [-0.15, -0.1) is 23.1 Å². The summed E-state index contributed by atoms with van der Waals surface area (Å²) in [5.74, 6) is 1.56. The van der Waals surface area contributed by atoms with Gasteiger partial charge in [0.25, 0.3) is 0 Å². The molecule has 2 unspecified atom stereocenters. The molecular weight excluding hydrogens is 528 g/mol. The van der Waals surface area contributed by atoms with Gasteiger partial charge in [-0.25, -0.2) is 4.68 Å². The molecule has 0 radical (unpaired) electrons. The average molecular weight is 561 g/mol.